The summed E-state index contributed by atoms with van der Waals surface area (Å²) in [4.78, 5) is 29.2. The summed E-state index contributed by atoms with van der Waals surface area (Å²) in [5, 5.41) is 0.375. The first-order valence-electron chi connectivity index (χ1n) is 9.87. The zero-order chi connectivity index (χ0) is 21.3. The highest BCUT2D eigenvalue weighted by molar-refractivity contribution is 5.90. The summed E-state index contributed by atoms with van der Waals surface area (Å²) in [6, 6.07) is 8.34. The van der Waals surface area contributed by atoms with Crippen molar-refractivity contribution in [2.75, 3.05) is 24.5 Å². The Labute approximate surface area is 174 Å². The number of carbonyl (C=O) groups is 1. The predicted octanol–water partition coefficient (Wildman–Crippen LogP) is 3.96. The molecule has 1 unspecified atom stereocenters. The number of halogens is 1. The Bertz CT molecular complexity index is 1050. The summed E-state index contributed by atoms with van der Waals surface area (Å²) in [5.74, 6) is 0.137. The topological polar surface area (TPSA) is 71.5 Å². The number of piperazine rings is 1. The lowest BCUT2D eigenvalue weighted by Gasteiger charge is -2.42. The summed E-state index contributed by atoms with van der Waals surface area (Å²) in [7, 11) is 0. The minimum absolute atomic E-state index is 0.252. The van der Waals surface area contributed by atoms with Crippen molar-refractivity contribution in [3.8, 4) is 0 Å². The molecule has 3 aromatic rings. The van der Waals surface area contributed by atoms with Crippen molar-refractivity contribution in [2.45, 2.75) is 32.4 Å². The maximum absolute atomic E-state index is 14.7. The molecule has 1 aromatic carbocycles. The molecular weight excluding hydrogens is 385 g/mol. The number of hydrogen-bond donors (Lipinski definition) is 0. The zero-order valence-corrected chi connectivity index (χ0v) is 17.2. The van der Waals surface area contributed by atoms with Crippen molar-refractivity contribution < 1.29 is 13.9 Å². The van der Waals surface area contributed by atoms with Crippen LogP contribution in [0.4, 0.5) is 15.0 Å². The van der Waals surface area contributed by atoms with Crippen LogP contribution < -0.4 is 4.90 Å². The Balaban J connectivity index is 1.73. The van der Waals surface area contributed by atoms with E-state index in [4.69, 9.17) is 4.74 Å². The van der Waals surface area contributed by atoms with E-state index >= 15 is 0 Å². The number of rotatable bonds is 2. The summed E-state index contributed by atoms with van der Waals surface area (Å²) in [5.41, 5.74) is 0.873. The van der Waals surface area contributed by atoms with Gasteiger partial charge in [-0.3, -0.25) is 4.98 Å². The van der Waals surface area contributed by atoms with Crippen molar-refractivity contribution in [1.82, 2.24) is 19.9 Å². The number of ether oxygens (including phenoxy) is 1. The van der Waals surface area contributed by atoms with Crippen LogP contribution in [0.2, 0.25) is 0 Å². The first-order valence-corrected chi connectivity index (χ1v) is 9.87. The summed E-state index contributed by atoms with van der Waals surface area (Å²) >= 11 is 0. The van der Waals surface area contributed by atoms with E-state index in [2.05, 4.69) is 15.0 Å². The van der Waals surface area contributed by atoms with E-state index in [1.165, 1.54) is 12.4 Å². The zero-order valence-electron chi connectivity index (χ0n) is 17.2. The largest absolute Gasteiger partial charge is 0.444 e. The van der Waals surface area contributed by atoms with Gasteiger partial charge in [-0.1, -0.05) is 12.1 Å². The van der Waals surface area contributed by atoms with Crippen LogP contribution in [0.15, 0.2) is 49.1 Å². The van der Waals surface area contributed by atoms with E-state index in [0.29, 0.717) is 36.4 Å². The van der Waals surface area contributed by atoms with Gasteiger partial charge in [0.15, 0.2) is 0 Å². The van der Waals surface area contributed by atoms with Gasteiger partial charge in [0.1, 0.15) is 23.6 Å². The molecule has 0 aliphatic carbocycles. The number of amides is 1. The fourth-order valence-corrected chi connectivity index (χ4v) is 3.66. The van der Waals surface area contributed by atoms with Crippen molar-refractivity contribution in [1.29, 1.82) is 0 Å². The number of nitrogens with zero attached hydrogens (tertiary/aromatic N) is 5. The van der Waals surface area contributed by atoms with Crippen LogP contribution in [0.25, 0.3) is 10.9 Å². The van der Waals surface area contributed by atoms with Gasteiger partial charge >= 0.3 is 6.09 Å². The van der Waals surface area contributed by atoms with E-state index in [9.17, 15) is 9.18 Å². The Morgan fingerprint density at radius 1 is 1.17 bits per heavy atom. The smallest absolute Gasteiger partial charge is 0.410 e. The average molecular weight is 409 g/mol. The van der Waals surface area contributed by atoms with Crippen molar-refractivity contribution in [2.24, 2.45) is 0 Å². The number of benzene rings is 1. The highest BCUT2D eigenvalue weighted by Crippen LogP contribution is 2.34. The lowest BCUT2D eigenvalue weighted by Crippen LogP contribution is -2.52. The molecule has 30 heavy (non-hydrogen) atoms. The van der Waals surface area contributed by atoms with Crippen molar-refractivity contribution in [3.63, 3.8) is 0 Å². The van der Waals surface area contributed by atoms with E-state index in [1.807, 2.05) is 37.8 Å². The van der Waals surface area contributed by atoms with E-state index < -0.39 is 5.60 Å². The van der Waals surface area contributed by atoms with Crippen molar-refractivity contribution >= 4 is 22.8 Å². The predicted molar refractivity (Wildman–Crippen MR) is 112 cm³/mol. The highest BCUT2D eigenvalue weighted by atomic mass is 19.1. The molecular formula is C22H24FN5O2. The maximum Gasteiger partial charge on any atom is 0.410 e. The Hall–Kier alpha value is -3.29. The molecule has 0 N–H and O–H groups in total. The second-order valence-electron chi connectivity index (χ2n) is 8.25. The summed E-state index contributed by atoms with van der Waals surface area (Å²) < 4.78 is 20.3. The van der Waals surface area contributed by atoms with Crippen molar-refractivity contribution in [3.05, 3.63) is 60.4 Å². The second-order valence-corrected chi connectivity index (χ2v) is 8.25. The molecule has 4 rings (SSSR count). The number of pyridine rings is 1. The minimum atomic E-state index is -0.579. The molecule has 1 fully saturated rings. The highest BCUT2D eigenvalue weighted by Gasteiger charge is 2.34. The lowest BCUT2D eigenvalue weighted by atomic mass is 10.0. The quantitative estimate of drug-likeness (QED) is 0.638. The van der Waals surface area contributed by atoms with Gasteiger partial charge in [0.05, 0.1) is 16.9 Å². The summed E-state index contributed by atoms with van der Waals surface area (Å²) in [6.45, 7) is 6.81. The lowest BCUT2D eigenvalue weighted by molar-refractivity contribution is 0.0213. The standard InChI is InChI=1S/C22H24FN5O2/c1-22(2,3)30-21(29)27-10-11-28(18(13-27)15-6-5-9-24-12-15)20-19-16(23)7-4-8-17(19)25-14-26-20/h4-9,12,14,18H,10-11,13H2,1-3H3. The number of carbonyl (C=O) groups excluding carboxylic acids is 1. The van der Waals surface area contributed by atoms with Gasteiger partial charge in [0.2, 0.25) is 0 Å². The van der Waals surface area contributed by atoms with Gasteiger partial charge in [0.25, 0.3) is 0 Å². The number of aromatic nitrogens is 3. The molecule has 2 aromatic heterocycles. The van der Waals surface area contributed by atoms with Crippen LogP contribution in [0.1, 0.15) is 32.4 Å². The SMILES string of the molecule is CC(C)(C)OC(=O)N1CCN(c2ncnc3cccc(F)c23)C(c2cccnc2)C1. The third-order valence-corrected chi connectivity index (χ3v) is 4.97. The van der Waals surface area contributed by atoms with Gasteiger partial charge in [0, 0.05) is 32.0 Å². The molecule has 8 heteroatoms. The molecule has 1 aliphatic heterocycles. The molecule has 1 saturated heterocycles. The van der Waals surface area contributed by atoms with Crippen LogP contribution in [0, 0.1) is 5.82 Å². The third kappa shape index (κ3) is 4.03. The van der Waals surface area contributed by atoms with Crippen LogP contribution >= 0.6 is 0 Å². The second kappa shape index (κ2) is 7.85. The molecule has 0 bridgehead atoms. The molecule has 3 heterocycles. The number of hydrogen-bond acceptors (Lipinski definition) is 6. The first kappa shape index (κ1) is 20.0. The van der Waals surface area contributed by atoms with Crippen LogP contribution in [-0.2, 0) is 4.74 Å². The number of fused-ring (bicyclic) bond motifs is 1. The fraction of sp³-hybridized carbons (Fsp3) is 0.364. The van der Waals surface area contributed by atoms with E-state index in [0.717, 1.165) is 5.56 Å². The first-order chi connectivity index (χ1) is 14.3. The molecule has 1 aliphatic rings. The molecule has 0 spiro atoms. The van der Waals surface area contributed by atoms with E-state index in [1.54, 1.807) is 29.4 Å². The monoisotopic (exact) mass is 409 g/mol. The maximum atomic E-state index is 14.7. The normalized spacial score (nSPS) is 17.3. The number of anilines is 1. The molecule has 7 nitrogen and oxygen atoms in total. The Kier molecular flexibility index (Phi) is 5.24. The Morgan fingerprint density at radius 3 is 2.73 bits per heavy atom. The molecule has 0 saturated carbocycles. The average Bonchev–Trinajstić information content (AvgIpc) is 2.72. The van der Waals surface area contributed by atoms with Gasteiger partial charge in [-0.25, -0.2) is 19.2 Å². The molecule has 1 atom stereocenters. The molecule has 0 radical (unpaired) electrons. The molecule has 1 amide bonds. The van der Waals surface area contributed by atoms with E-state index in [-0.39, 0.29) is 18.0 Å². The summed E-state index contributed by atoms with van der Waals surface area (Å²) in [6.07, 6.45) is 4.53. The minimum Gasteiger partial charge on any atom is -0.444 e. The van der Waals surface area contributed by atoms with Crippen LogP contribution in [0.3, 0.4) is 0 Å². The third-order valence-electron chi connectivity index (χ3n) is 4.97. The van der Waals surface area contributed by atoms with Gasteiger partial charge in [-0.05, 0) is 44.5 Å². The molecule has 156 valence electrons. The van der Waals surface area contributed by atoms with Gasteiger partial charge < -0.3 is 14.5 Å². The Morgan fingerprint density at radius 2 is 2.00 bits per heavy atom. The van der Waals surface area contributed by atoms with Crippen LogP contribution in [0.5, 0.6) is 0 Å². The van der Waals surface area contributed by atoms with Gasteiger partial charge in [-0.2, -0.15) is 0 Å². The van der Waals surface area contributed by atoms with Crippen LogP contribution in [-0.4, -0.2) is 51.2 Å². The fourth-order valence-electron chi connectivity index (χ4n) is 3.66. The van der Waals surface area contributed by atoms with Gasteiger partial charge in [-0.15, -0.1) is 0 Å².